The molecule has 0 saturated carbocycles. The fourth-order valence-electron chi connectivity index (χ4n) is 3.25. The quantitative estimate of drug-likeness (QED) is 0.486. The number of aromatic nitrogens is 2. The number of rotatable bonds is 4. The zero-order valence-corrected chi connectivity index (χ0v) is 19.4. The number of hydrogen-bond donors (Lipinski definition) is 1. The van der Waals surface area contributed by atoms with Gasteiger partial charge in [-0.2, -0.15) is 0 Å². The molecule has 4 rings (SSSR count). The predicted molar refractivity (Wildman–Crippen MR) is 122 cm³/mol. The predicted octanol–water partition coefficient (Wildman–Crippen LogP) is 5.52. The van der Waals surface area contributed by atoms with Gasteiger partial charge in [0, 0.05) is 22.1 Å². The van der Waals surface area contributed by atoms with Crippen molar-refractivity contribution in [2.75, 3.05) is 11.9 Å². The minimum Gasteiger partial charge on any atom is -0.327 e. The molecule has 30 heavy (non-hydrogen) atoms. The topological polar surface area (TPSA) is 75.2 Å². The van der Waals surface area contributed by atoms with Gasteiger partial charge in [0.2, 0.25) is 11.0 Å². The second-order valence-corrected chi connectivity index (χ2v) is 9.40. The van der Waals surface area contributed by atoms with Gasteiger partial charge in [-0.25, -0.2) is 0 Å². The van der Waals surface area contributed by atoms with Crippen molar-refractivity contribution < 1.29 is 9.59 Å². The van der Waals surface area contributed by atoms with Crippen molar-refractivity contribution >= 4 is 67.4 Å². The summed E-state index contributed by atoms with van der Waals surface area (Å²) in [4.78, 5) is 27.3. The van der Waals surface area contributed by atoms with Crippen molar-refractivity contribution in [3.8, 4) is 10.6 Å². The van der Waals surface area contributed by atoms with Gasteiger partial charge >= 0.3 is 0 Å². The van der Waals surface area contributed by atoms with E-state index in [0.717, 1.165) is 16.5 Å². The third-order valence-electron chi connectivity index (χ3n) is 4.73. The van der Waals surface area contributed by atoms with E-state index in [1.54, 1.807) is 17.0 Å². The SMILES string of the molecule is O=C(Nc1nnc(-c2ccc(Br)cc2)s1)[C@@H]1CCCN1C(=O)c1ccc(Cl)c(Cl)c1. The van der Waals surface area contributed by atoms with Crippen LogP contribution < -0.4 is 5.32 Å². The zero-order valence-electron chi connectivity index (χ0n) is 15.4. The van der Waals surface area contributed by atoms with E-state index in [1.165, 1.54) is 17.4 Å². The molecule has 1 aliphatic heterocycles. The van der Waals surface area contributed by atoms with Gasteiger partial charge in [-0.3, -0.25) is 14.9 Å². The lowest BCUT2D eigenvalue weighted by Crippen LogP contribution is -2.43. The van der Waals surface area contributed by atoms with Gasteiger partial charge in [0.1, 0.15) is 11.0 Å². The lowest BCUT2D eigenvalue weighted by atomic mass is 10.1. The number of anilines is 1. The molecule has 0 spiro atoms. The van der Waals surface area contributed by atoms with Gasteiger partial charge in [-0.15, -0.1) is 10.2 Å². The highest BCUT2D eigenvalue weighted by atomic mass is 79.9. The molecule has 1 saturated heterocycles. The van der Waals surface area contributed by atoms with E-state index < -0.39 is 6.04 Å². The maximum absolute atomic E-state index is 12.9. The summed E-state index contributed by atoms with van der Waals surface area (Å²) in [6, 6.07) is 11.8. The summed E-state index contributed by atoms with van der Waals surface area (Å²) in [7, 11) is 0. The van der Waals surface area contributed by atoms with Crippen LogP contribution in [-0.4, -0.2) is 39.5 Å². The molecule has 0 unspecified atom stereocenters. The zero-order chi connectivity index (χ0) is 21.3. The Bertz CT molecular complexity index is 1110. The number of halogens is 3. The number of nitrogens with zero attached hydrogens (tertiary/aromatic N) is 3. The Hall–Kier alpha value is -2.00. The third kappa shape index (κ3) is 4.51. The van der Waals surface area contributed by atoms with Gasteiger partial charge < -0.3 is 4.90 Å². The van der Waals surface area contributed by atoms with Gasteiger partial charge in [-0.1, -0.05) is 62.6 Å². The molecule has 1 aromatic heterocycles. The molecule has 1 atom stereocenters. The Kier molecular flexibility index (Phi) is 6.38. The van der Waals surface area contributed by atoms with E-state index in [9.17, 15) is 9.59 Å². The van der Waals surface area contributed by atoms with E-state index in [2.05, 4.69) is 31.4 Å². The summed E-state index contributed by atoms with van der Waals surface area (Å²) >= 11 is 16.7. The van der Waals surface area contributed by atoms with E-state index in [0.29, 0.717) is 38.7 Å². The second kappa shape index (κ2) is 9.01. The Balaban J connectivity index is 1.47. The molecular formula is C20H15BrCl2N4O2S. The van der Waals surface area contributed by atoms with Gasteiger partial charge in [0.05, 0.1) is 10.0 Å². The number of hydrogen-bond acceptors (Lipinski definition) is 5. The van der Waals surface area contributed by atoms with Crippen LogP contribution >= 0.6 is 50.5 Å². The van der Waals surface area contributed by atoms with Crippen LogP contribution in [0.2, 0.25) is 10.0 Å². The lowest BCUT2D eigenvalue weighted by molar-refractivity contribution is -0.119. The van der Waals surface area contributed by atoms with Crippen LogP contribution in [0.5, 0.6) is 0 Å². The highest BCUT2D eigenvalue weighted by Gasteiger charge is 2.35. The molecule has 10 heteroatoms. The molecule has 1 N–H and O–H groups in total. The third-order valence-corrected chi connectivity index (χ3v) is 6.88. The Labute approximate surface area is 195 Å². The van der Waals surface area contributed by atoms with E-state index in [-0.39, 0.29) is 11.8 Å². The monoisotopic (exact) mass is 524 g/mol. The number of carbonyl (C=O) groups excluding carboxylic acids is 2. The number of likely N-dealkylation sites (tertiary alicyclic amines) is 1. The highest BCUT2D eigenvalue weighted by molar-refractivity contribution is 9.10. The number of amides is 2. The van der Waals surface area contributed by atoms with Gasteiger partial charge in [0.25, 0.3) is 5.91 Å². The van der Waals surface area contributed by atoms with Crippen molar-refractivity contribution in [2.45, 2.75) is 18.9 Å². The smallest absolute Gasteiger partial charge is 0.254 e. The first-order valence-corrected chi connectivity index (χ1v) is 11.5. The molecule has 1 aliphatic rings. The maximum Gasteiger partial charge on any atom is 0.254 e. The molecular weight excluding hydrogens is 511 g/mol. The molecule has 2 aromatic carbocycles. The van der Waals surface area contributed by atoms with Crippen LogP contribution in [-0.2, 0) is 4.79 Å². The Morgan fingerprint density at radius 1 is 1.10 bits per heavy atom. The Morgan fingerprint density at radius 2 is 1.87 bits per heavy atom. The first-order chi connectivity index (χ1) is 14.4. The fourth-order valence-corrected chi connectivity index (χ4v) is 4.56. The number of benzene rings is 2. The average molecular weight is 526 g/mol. The van der Waals surface area contributed by atoms with Crippen molar-refractivity contribution in [1.29, 1.82) is 0 Å². The molecule has 2 amide bonds. The van der Waals surface area contributed by atoms with Crippen LogP contribution in [0.3, 0.4) is 0 Å². The highest BCUT2D eigenvalue weighted by Crippen LogP contribution is 2.29. The van der Waals surface area contributed by atoms with E-state index in [1.807, 2.05) is 24.3 Å². The largest absolute Gasteiger partial charge is 0.327 e. The van der Waals surface area contributed by atoms with Crippen molar-refractivity contribution in [2.24, 2.45) is 0 Å². The molecule has 2 heterocycles. The van der Waals surface area contributed by atoms with Gasteiger partial charge in [-0.05, 0) is 43.2 Å². The van der Waals surface area contributed by atoms with Crippen molar-refractivity contribution in [1.82, 2.24) is 15.1 Å². The number of nitrogens with one attached hydrogen (secondary N) is 1. The van der Waals surface area contributed by atoms with Crippen molar-refractivity contribution in [3.63, 3.8) is 0 Å². The maximum atomic E-state index is 12.9. The minimum atomic E-state index is -0.577. The van der Waals surface area contributed by atoms with Crippen LogP contribution in [0.1, 0.15) is 23.2 Å². The summed E-state index contributed by atoms with van der Waals surface area (Å²) in [6.07, 6.45) is 1.32. The summed E-state index contributed by atoms with van der Waals surface area (Å²) in [6.45, 7) is 0.497. The van der Waals surface area contributed by atoms with Crippen LogP contribution in [0.25, 0.3) is 10.6 Å². The average Bonchev–Trinajstić information content (AvgIpc) is 3.40. The Morgan fingerprint density at radius 3 is 2.60 bits per heavy atom. The molecule has 1 fully saturated rings. The van der Waals surface area contributed by atoms with Crippen LogP contribution in [0, 0.1) is 0 Å². The van der Waals surface area contributed by atoms with Crippen LogP contribution in [0.4, 0.5) is 5.13 Å². The summed E-state index contributed by atoms with van der Waals surface area (Å²) in [5.41, 5.74) is 1.31. The number of carbonyl (C=O) groups is 2. The molecule has 6 nitrogen and oxygen atoms in total. The summed E-state index contributed by atoms with van der Waals surface area (Å²) < 4.78 is 0.970. The van der Waals surface area contributed by atoms with E-state index >= 15 is 0 Å². The van der Waals surface area contributed by atoms with Crippen molar-refractivity contribution in [3.05, 3.63) is 62.5 Å². The first kappa shape index (κ1) is 21.2. The molecule has 3 aromatic rings. The first-order valence-electron chi connectivity index (χ1n) is 9.09. The second-order valence-electron chi connectivity index (χ2n) is 6.69. The lowest BCUT2D eigenvalue weighted by Gasteiger charge is -2.23. The minimum absolute atomic E-state index is 0.251. The standard InChI is InChI=1S/C20H15BrCl2N4O2S/c21-13-6-3-11(4-7-13)18-25-26-20(30-18)24-17(28)16-2-1-9-27(16)19(29)12-5-8-14(22)15(23)10-12/h3-8,10,16H,1-2,9H2,(H,24,26,28)/t16-/m0/s1. The van der Waals surface area contributed by atoms with Gasteiger partial charge in [0.15, 0.2) is 0 Å². The van der Waals surface area contributed by atoms with E-state index in [4.69, 9.17) is 23.2 Å². The molecule has 0 radical (unpaired) electrons. The van der Waals surface area contributed by atoms with Crippen LogP contribution in [0.15, 0.2) is 46.9 Å². The molecule has 0 aliphatic carbocycles. The fraction of sp³-hybridized carbons (Fsp3) is 0.200. The summed E-state index contributed by atoms with van der Waals surface area (Å²) in [5, 5.41) is 12.8. The summed E-state index contributed by atoms with van der Waals surface area (Å²) in [5.74, 6) is -0.529. The molecule has 154 valence electrons. The normalized spacial score (nSPS) is 16.0. The molecule has 0 bridgehead atoms.